The number of ketones is 1. The van der Waals surface area contributed by atoms with Crippen LogP contribution in [0.1, 0.15) is 28.5 Å². The van der Waals surface area contributed by atoms with Gasteiger partial charge in [-0.25, -0.2) is 13.4 Å². The predicted octanol–water partition coefficient (Wildman–Crippen LogP) is 5.40. The molecule has 0 aliphatic carbocycles. The number of para-hydroxylation sites is 1. The fraction of sp³-hybridized carbons (Fsp3) is 0.0952. The molecule has 0 radical (unpaired) electrons. The second-order valence-electron chi connectivity index (χ2n) is 6.85. The molecule has 178 valence electrons. The number of rotatable bonds is 6. The fourth-order valence-corrected chi connectivity index (χ4v) is 4.36. The minimum atomic E-state index is -4.89. The zero-order chi connectivity index (χ0) is 25.3. The summed E-state index contributed by atoms with van der Waals surface area (Å²) in [4.78, 5) is 27.8. The zero-order valence-electron chi connectivity index (χ0n) is 17.1. The number of alkyl halides is 3. The van der Waals surface area contributed by atoms with E-state index in [0.29, 0.717) is 6.07 Å². The van der Waals surface area contributed by atoms with Crippen molar-refractivity contribution in [3.8, 4) is 0 Å². The van der Waals surface area contributed by atoms with Crippen molar-refractivity contribution in [2.45, 2.75) is 18.0 Å². The third kappa shape index (κ3) is 5.66. The van der Waals surface area contributed by atoms with E-state index in [4.69, 9.17) is 23.2 Å². The monoisotopic (exact) mass is 531 g/mol. The van der Waals surface area contributed by atoms with Gasteiger partial charge in [-0.15, -0.1) is 0 Å². The van der Waals surface area contributed by atoms with Gasteiger partial charge in [0.15, 0.2) is 0 Å². The molecule has 0 bridgehead atoms. The Balaban J connectivity index is 2.06. The molecule has 0 aliphatic heterocycles. The van der Waals surface area contributed by atoms with Gasteiger partial charge >= 0.3 is 6.18 Å². The van der Waals surface area contributed by atoms with E-state index in [1.165, 1.54) is 25.1 Å². The van der Waals surface area contributed by atoms with Crippen molar-refractivity contribution in [1.29, 1.82) is 0 Å². The van der Waals surface area contributed by atoms with Crippen LogP contribution in [0.5, 0.6) is 0 Å². The van der Waals surface area contributed by atoms with E-state index >= 15 is 0 Å². The first-order chi connectivity index (χ1) is 15.8. The molecular weight excluding hydrogens is 518 g/mol. The minimum absolute atomic E-state index is 0.00109. The largest absolute Gasteiger partial charge is 0.417 e. The van der Waals surface area contributed by atoms with Crippen LogP contribution in [-0.2, 0) is 21.0 Å². The minimum Gasteiger partial charge on any atom is -0.326 e. The number of carbonyl (C=O) groups is 2. The second kappa shape index (κ2) is 9.61. The molecular formula is C21H14Cl2F3N3O4S. The lowest BCUT2D eigenvalue weighted by Crippen LogP contribution is -2.19. The number of nitrogens with one attached hydrogen (secondary N) is 2. The average Bonchev–Trinajstić information content (AvgIpc) is 2.72. The number of nitrogens with zero attached hydrogens (tertiary/aromatic N) is 1. The summed E-state index contributed by atoms with van der Waals surface area (Å²) in [5, 5.41) is 1.76. The van der Waals surface area contributed by atoms with Crippen LogP contribution < -0.4 is 10.0 Å². The Morgan fingerprint density at radius 2 is 1.68 bits per heavy atom. The van der Waals surface area contributed by atoms with Gasteiger partial charge in [0.2, 0.25) is 11.7 Å². The van der Waals surface area contributed by atoms with Crippen molar-refractivity contribution in [2.75, 3.05) is 10.0 Å². The molecule has 2 aromatic carbocycles. The topological polar surface area (TPSA) is 105 Å². The van der Waals surface area contributed by atoms with Crippen molar-refractivity contribution in [3.63, 3.8) is 0 Å². The molecule has 1 amide bonds. The molecule has 3 rings (SSSR count). The summed E-state index contributed by atoms with van der Waals surface area (Å²) < 4.78 is 67.3. The summed E-state index contributed by atoms with van der Waals surface area (Å²) in [7, 11) is -4.63. The van der Waals surface area contributed by atoms with Gasteiger partial charge in [0.25, 0.3) is 10.0 Å². The summed E-state index contributed by atoms with van der Waals surface area (Å²) >= 11 is 11.5. The van der Waals surface area contributed by atoms with Crippen molar-refractivity contribution in [2.24, 2.45) is 0 Å². The molecule has 1 heterocycles. The predicted molar refractivity (Wildman–Crippen MR) is 121 cm³/mol. The summed E-state index contributed by atoms with van der Waals surface area (Å²) in [6, 6.07) is 9.07. The van der Waals surface area contributed by atoms with E-state index in [2.05, 4.69) is 15.0 Å². The van der Waals surface area contributed by atoms with E-state index in [-0.39, 0.29) is 22.0 Å². The molecule has 0 saturated heterocycles. The van der Waals surface area contributed by atoms with Gasteiger partial charge in [-0.2, -0.15) is 13.2 Å². The highest BCUT2D eigenvalue weighted by Crippen LogP contribution is 2.36. The number of halogens is 5. The number of amides is 1. The molecule has 0 aliphatic rings. The fourth-order valence-electron chi connectivity index (χ4n) is 2.90. The standard InChI is InChI=1S/C21H14Cl2F3N3O4S/c1-11(30)28-17-5-3-2-4-14(17)20(31)19-18(8-12(22)10-27-19)29-34(32,33)13-6-7-16(23)15(9-13)21(24,25)26/h2-10,29H,1H3,(H,28,30). The number of sulfonamides is 1. The molecule has 0 saturated carbocycles. The summed E-state index contributed by atoms with van der Waals surface area (Å²) in [5.74, 6) is -1.22. The molecule has 0 spiro atoms. The Bertz CT molecular complexity index is 1400. The Labute approximate surface area is 202 Å². The van der Waals surface area contributed by atoms with Crippen LogP contribution in [0.3, 0.4) is 0 Å². The molecule has 1 aromatic heterocycles. The highest BCUT2D eigenvalue weighted by molar-refractivity contribution is 7.92. The number of hydrogen-bond acceptors (Lipinski definition) is 5. The van der Waals surface area contributed by atoms with Crippen LogP contribution in [0.25, 0.3) is 0 Å². The second-order valence-corrected chi connectivity index (χ2v) is 9.38. The Morgan fingerprint density at radius 3 is 2.32 bits per heavy atom. The van der Waals surface area contributed by atoms with Gasteiger partial charge in [0.05, 0.1) is 31.9 Å². The van der Waals surface area contributed by atoms with Crippen molar-refractivity contribution < 1.29 is 31.2 Å². The lowest BCUT2D eigenvalue weighted by molar-refractivity contribution is -0.137. The third-order valence-electron chi connectivity index (χ3n) is 4.35. The van der Waals surface area contributed by atoms with Gasteiger partial charge in [-0.1, -0.05) is 35.3 Å². The van der Waals surface area contributed by atoms with E-state index in [9.17, 15) is 31.2 Å². The lowest BCUT2D eigenvalue weighted by atomic mass is 10.0. The van der Waals surface area contributed by atoms with E-state index in [0.717, 1.165) is 24.4 Å². The molecule has 0 unspecified atom stereocenters. The SMILES string of the molecule is CC(=O)Nc1ccccc1C(=O)c1ncc(Cl)cc1NS(=O)(=O)c1ccc(Cl)c(C(F)(F)F)c1. The Kier molecular flexibility index (Phi) is 7.20. The first-order valence-corrected chi connectivity index (χ1v) is 11.5. The Hall–Kier alpha value is -3.15. The zero-order valence-corrected chi connectivity index (χ0v) is 19.4. The maximum Gasteiger partial charge on any atom is 0.417 e. The molecule has 34 heavy (non-hydrogen) atoms. The average molecular weight is 532 g/mol. The Morgan fingerprint density at radius 1 is 1.00 bits per heavy atom. The summed E-state index contributed by atoms with van der Waals surface area (Å²) in [5.41, 5.74) is -1.96. The number of benzene rings is 2. The maximum absolute atomic E-state index is 13.2. The van der Waals surface area contributed by atoms with Crippen molar-refractivity contribution in [1.82, 2.24) is 4.98 Å². The van der Waals surface area contributed by atoms with Gasteiger partial charge in [0, 0.05) is 18.7 Å². The summed E-state index contributed by atoms with van der Waals surface area (Å²) in [6.07, 6.45) is -3.80. The molecule has 0 atom stereocenters. The molecule has 3 aromatic rings. The number of hydrogen-bond donors (Lipinski definition) is 2. The van der Waals surface area contributed by atoms with Crippen molar-refractivity contribution in [3.05, 3.63) is 81.6 Å². The quantitative estimate of drug-likeness (QED) is 0.414. The highest BCUT2D eigenvalue weighted by atomic mass is 35.5. The van der Waals surface area contributed by atoms with Crippen LogP contribution in [0.15, 0.2) is 59.6 Å². The van der Waals surface area contributed by atoms with Gasteiger partial charge < -0.3 is 5.32 Å². The van der Waals surface area contributed by atoms with Crippen LogP contribution in [0.2, 0.25) is 10.0 Å². The molecule has 0 fully saturated rings. The highest BCUT2D eigenvalue weighted by Gasteiger charge is 2.35. The van der Waals surface area contributed by atoms with Crippen molar-refractivity contribution >= 4 is 56.3 Å². The maximum atomic E-state index is 13.2. The van der Waals surface area contributed by atoms with Crippen LogP contribution in [0.4, 0.5) is 24.5 Å². The van der Waals surface area contributed by atoms with Crippen LogP contribution in [0, 0.1) is 0 Å². The molecule has 13 heteroatoms. The van der Waals surface area contributed by atoms with Gasteiger partial charge in [-0.05, 0) is 36.4 Å². The van der Waals surface area contributed by atoms with E-state index in [1.54, 1.807) is 6.07 Å². The van der Waals surface area contributed by atoms with Crippen LogP contribution >= 0.6 is 23.2 Å². The van der Waals surface area contributed by atoms with Gasteiger partial charge in [0.1, 0.15) is 5.69 Å². The lowest BCUT2D eigenvalue weighted by Gasteiger charge is -2.15. The number of carbonyl (C=O) groups excluding carboxylic acids is 2. The van der Waals surface area contributed by atoms with Crippen LogP contribution in [-0.4, -0.2) is 25.1 Å². The molecule has 7 nitrogen and oxygen atoms in total. The third-order valence-corrected chi connectivity index (χ3v) is 6.25. The molecule has 2 N–H and O–H groups in total. The number of anilines is 2. The smallest absolute Gasteiger partial charge is 0.326 e. The van der Waals surface area contributed by atoms with E-state index < -0.39 is 49.1 Å². The normalized spacial score (nSPS) is 11.7. The first-order valence-electron chi connectivity index (χ1n) is 9.26. The summed E-state index contributed by atoms with van der Waals surface area (Å²) in [6.45, 7) is 1.24. The number of pyridine rings is 1. The van der Waals surface area contributed by atoms with E-state index in [1.807, 2.05) is 0 Å². The number of aromatic nitrogens is 1. The first kappa shape index (κ1) is 25.5. The van der Waals surface area contributed by atoms with Gasteiger partial charge in [-0.3, -0.25) is 14.3 Å².